The van der Waals surface area contributed by atoms with Crippen LogP contribution < -0.4 is 5.56 Å². The fraction of sp³-hybridized carbons (Fsp3) is 0.286. The lowest BCUT2D eigenvalue weighted by atomic mass is 10.3. The Morgan fingerprint density at radius 2 is 2.31 bits per heavy atom. The van der Waals surface area contributed by atoms with Gasteiger partial charge in [-0.05, 0) is 6.42 Å². The number of aryl methyl sites for hydroxylation is 1. The summed E-state index contributed by atoms with van der Waals surface area (Å²) in [6.45, 7) is 1.74. The summed E-state index contributed by atoms with van der Waals surface area (Å²) in [6, 6.07) is 0. The molecule has 72 valence electrons. The Bertz CT molecular complexity index is 361. The third-order valence-electron chi connectivity index (χ3n) is 1.41. The first-order chi connectivity index (χ1) is 5.65. The molecule has 6 heteroatoms. The number of nitrogens with zero attached hydrogens (tertiary/aromatic N) is 1. The van der Waals surface area contributed by atoms with Crippen LogP contribution in [0.5, 0.6) is 0 Å². The Morgan fingerprint density at radius 1 is 1.69 bits per heavy atom. The lowest BCUT2D eigenvalue weighted by molar-refractivity contribution is 0.0689. The minimum absolute atomic E-state index is 0. The van der Waals surface area contributed by atoms with E-state index in [0.717, 1.165) is 6.20 Å². The Labute approximate surface area is 80.2 Å². The Hall–Kier alpha value is -1.36. The van der Waals surface area contributed by atoms with Crippen molar-refractivity contribution in [1.82, 2.24) is 9.97 Å². The second-order valence-electron chi connectivity index (χ2n) is 2.22. The number of H-pyrrole nitrogens is 1. The van der Waals surface area contributed by atoms with E-state index in [1.54, 1.807) is 6.92 Å². The van der Waals surface area contributed by atoms with Gasteiger partial charge in [0, 0.05) is 6.20 Å². The molecule has 0 unspecified atom stereocenters. The van der Waals surface area contributed by atoms with Crippen LogP contribution in [0.2, 0.25) is 0 Å². The van der Waals surface area contributed by atoms with E-state index in [4.69, 9.17) is 5.11 Å². The van der Waals surface area contributed by atoms with Crippen LogP contribution in [0.15, 0.2) is 11.0 Å². The lowest BCUT2D eigenvalue weighted by Crippen LogP contribution is -2.17. The molecule has 1 aromatic rings. The average molecular weight is 205 g/mol. The van der Waals surface area contributed by atoms with Crippen molar-refractivity contribution in [2.75, 3.05) is 0 Å². The van der Waals surface area contributed by atoms with Gasteiger partial charge in [-0.1, -0.05) is 6.92 Å². The molecule has 0 radical (unpaired) electrons. The van der Waals surface area contributed by atoms with Gasteiger partial charge >= 0.3 is 5.97 Å². The van der Waals surface area contributed by atoms with Crippen LogP contribution in [0.1, 0.15) is 23.1 Å². The summed E-state index contributed by atoms with van der Waals surface area (Å²) < 4.78 is 0. The van der Waals surface area contributed by atoms with Crippen LogP contribution >= 0.6 is 12.4 Å². The van der Waals surface area contributed by atoms with Gasteiger partial charge in [0.25, 0.3) is 5.56 Å². The molecule has 0 aliphatic heterocycles. The number of carbonyl (C=O) groups is 1. The molecule has 0 atom stereocenters. The summed E-state index contributed by atoms with van der Waals surface area (Å²) in [4.78, 5) is 27.3. The van der Waals surface area contributed by atoms with Gasteiger partial charge in [-0.3, -0.25) is 4.79 Å². The van der Waals surface area contributed by atoms with Crippen molar-refractivity contribution in [2.45, 2.75) is 13.3 Å². The highest BCUT2D eigenvalue weighted by Crippen LogP contribution is 1.91. The molecular formula is C7H9ClN2O3. The van der Waals surface area contributed by atoms with Crippen LogP contribution in [-0.4, -0.2) is 21.0 Å². The van der Waals surface area contributed by atoms with E-state index in [0.29, 0.717) is 6.42 Å². The maximum atomic E-state index is 10.9. The minimum Gasteiger partial charge on any atom is -0.476 e. The van der Waals surface area contributed by atoms with Crippen molar-refractivity contribution in [3.8, 4) is 0 Å². The number of aromatic carboxylic acids is 1. The number of carboxylic acid groups (broad SMARTS) is 1. The van der Waals surface area contributed by atoms with E-state index in [1.807, 2.05) is 0 Å². The number of nitrogens with one attached hydrogen (secondary N) is 1. The zero-order chi connectivity index (χ0) is 9.14. The van der Waals surface area contributed by atoms with Gasteiger partial charge in [0.1, 0.15) is 5.69 Å². The highest BCUT2D eigenvalue weighted by molar-refractivity contribution is 5.85. The molecule has 1 heterocycles. The van der Waals surface area contributed by atoms with E-state index in [-0.39, 0.29) is 29.4 Å². The zero-order valence-electron chi connectivity index (χ0n) is 6.90. The first-order valence-electron chi connectivity index (χ1n) is 3.47. The van der Waals surface area contributed by atoms with Gasteiger partial charge in [-0.2, -0.15) is 0 Å². The number of halogens is 1. The summed E-state index contributed by atoms with van der Waals surface area (Å²) in [5, 5.41) is 8.51. The second kappa shape index (κ2) is 4.61. The molecule has 0 spiro atoms. The van der Waals surface area contributed by atoms with Crippen LogP contribution in [0.3, 0.4) is 0 Å². The SMILES string of the molecule is CCc1nc(C(=O)O)c[nH]c1=O.Cl. The number of hydrogen-bond donors (Lipinski definition) is 2. The van der Waals surface area contributed by atoms with Crippen LogP contribution in [0, 0.1) is 0 Å². The summed E-state index contributed by atoms with van der Waals surface area (Å²) in [6.07, 6.45) is 1.51. The Morgan fingerprint density at radius 3 is 2.77 bits per heavy atom. The number of carboxylic acids is 1. The maximum absolute atomic E-state index is 10.9. The van der Waals surface area contributed by atoms with Gasteiger partial charge in [-0.25, -0.2) is 9.78 Å². The molecule has 0 aliphatic carbocycles. The molecule has 0 fully saturated rings. The van der Waals surface area contributed by atoms with Crippen molar-refractivity contribution in [3.05, 3.63) is 27.9 Å². The topological polar surface area (TPSA) is 83.0 Å². The van der Waals surface area contributed by atoms with E-state index in [1.165, 1.54) is 0 Å². The molecule has 0 saturated carbocycles. The van der Waals surface area contributed by atoms with Crippen molar-refractivity contribution >= 4 is 18.4 Å². The normalized spacial score (nSPS) is 9.00. The van der Waals surface area contributed by atoms with E-state index < -0.39 is 5.97 Å². The number of aromatic amines is 1. The molecule has 0 aromatic carbocycles. The van der Waals surface area contributed by atoms with Gasteiger partial charge in [0.05, 0.1) is 0 Å². The zero-order valence-corrected chi connectivity index (χ0v) is 7.72. The first kappa shape index (κ1) is 11.6. The van der Waals surface area contributed by atoms with Crippen molar-refractivity contribution in [2.24, 2.45) is 0 Å². The molecular weight excluding hydrogens is 196 g/mol. The standard InChI is InChI=1S/C7H8N2O3.ClH/c1-2-4-6(10)8-3-5(9-4)7(11)12;/h3H,2H2,1H3,(H,8,10)(H,11,12);1H. The van der Waals surface area contributed by atoms with Crippen molar-refractivity contribution in [1.29, 1.82) is 0 Å². The second-order valence-corrected chi connectivity index (χ2v) is 2.22. The third kappa shape index (κ3) is 2.55. The van der Waals surface area contributed by atoms with Gasteiger partial charge in [0.2, 0.25) is 0 Å². The third-order valence-corrected chi connectivity index (χ3v) is 1.41. The first-order valence-corrected chi connectivity index (χ1v) is 3.47. The predicted octanol–water partition coefficient (Wildman–Crippen LogP) is 0.452. The van der Waals surface area contributed by atoms with E-state index >= 15 is 0 Å². The van der Waals surface area contributed by atoms with Crippen molar-refractivity contribution < 1.29 is 9.90 Å². The number of aromatic nitrogens is 2. The fourth-order valence-corrected chi connectivity index (χ4v) is 0.795. The fourth-order valence-electron chi connectivity index (χ4n) is 0.795. The summed E-state index contributed by atoms with van der Waals surface area (Å²) >= 11 is 0. The van der Waals surface area contributed by atoms with Crippen LogP contribution in [0.4, 0.5) is 0 Å². The molecule has 2 N–H and O–H groups in total. The molecule has 1 aromatic heterocycles. The molecule has 0 saturated heterocycles. The quantitative estimate of drug-likeness (QED) is 0.733. The summed E-state index contributed by atoms with van der Waals surface area (Å²) in [7, 11) is 0. The average Bonchev–Trinajstić information content (AvgIpc) is 2.05. The smallest absolute Gasteiger partial charge is 0.356 e. The van der Waals surface area contributed by atoms with Crippen molar-refractivity contribution in [3.63, 3.8) is 0 Å². The highest BCUT2D eigenvalue weighted by Gasteiger charge is 2.06. The largest absolute Gasteiger partial charge is 0.476 e. The summed E-state index contributed by atoms with van der Waals surface area (Å²) in [5.41, 5.74) is -0.219. The molecule has 5 nitrogen and oxygen atoms in total. The van der Waals surface area contributed by atoms with Gasteiger partial charge < -0.3 is 10.1 Å². The Balaban J connectivity index is 0.00000144. The number of hydrogen-bond acceptors (Lipinski definition) is 3. The Kier molecular flexibility index (Phi) is 4.13. The molecule has 13 heavy (non-hydrogen) atoms. The van der Waals surface area contributed by atoms with Gasteiger partial charge in [-0.15, -0.1) is 12.4 Å². The molecule has 0 aliphatic rings. The molecule has 0 amide bonds. The van der Waals surface area contributed by atoms with Crippen LogP contribution in [-0.2, 0) is 6.42 Å². The van der Waals surface area contributed by atoms with Gasteiger partial charge in [0.15, 0.2) is 5.69 Å². The van der Waals surface area contributed by atoms with E-state index in [9.17, 15) is 9.59 Å². The summed E-state index contributed by atoms with van der Waals surface area (Å²) in [5.74, 6) is -1.14. The monoisotopic (exact) mass is 204 g/mol. The highest BCUT2D eigenvalue weighted by atomic mass is 35.5. The number of rotatable bonds is 2. The minimum atomic E-state index is -1.14. The lowest BCUT2D eigenvalue weighted by Gasteiger charge is -1.95. The molecule has 0 bridgehead atoms. The maximum Gasteiger partial charge on any atom is 0.356 e. The van der Waals surface area contributed by atoms with E-state index in [2.05, 4.69) is 9.97 Å². The molecule has 1 rings (SSSR count). The van der Waals surface area contributed by atoms with Crippen LogP contribution in [0.25, 0.3) is 0 Å². The predicted molar refractivity (Wildman–Crippen MR) is 48.4 cm³/mol.